The Labute approximate surface area is 86.6 Å². The molecule has 0 aliphatic rings. The van der Waals surface area contributed by atoms with Crippen LogP contribution in [0.4, 0.5) is 0 Å². The van der Waals surface area contributed by atoms with Crippen molar-refractivity contribution in [2.75, 3.05) is 0 Å². The summed E-state index contributed by atoms with van der Waals surface area (Å²) >= 11 is 11.4. The molecule has 0 saturated heterocycles. The number of hydrogen-bond acceptors (Lipinski definition) is 2. The van der Waals surface area contributed by atoms with Gasteiger partial charge < -0.3 is 10.8 Å². The quantitative estimate of drug-likeness (QED) is 0.749. The van der Waals surface area contributed by atoms with E-state index < -0.39 is 6.04 Å². The van der Waals surface area contributed by atoms with Crippen molar-refractivity contribution >= 4 is 23.2 Å². The van der Waals surface area contributed by atoms with Crippen LogP contribution in [0, 0.1) is 0 Å². The summed E-state index contributed by atoms with van der Waals surface area (Å²) in [5, 5.41) is 9.96. The van der Waals surface area contributed by atoms with Gasteiger partial charge in [0.1, 0.15) is 10.8 Å². The highest BCUT2D eigenvalue weighted by Gasteiger charge is 2.12. The van der Waals surface area contributed by atoms with Gasteiger partial charge in [-0.3, -0.25) is 0 Å². The minimum atomic E-state index is -0.435. The number of aromatic hydroxyl groups is 1. The van der Waals surface area contributed by atoms with Gasteiger partial charge in [0.25, 0.3) is 0 Å². The van der Waals surface area contributed by atoms with Gasteiger partial charge >= 0.3 is 0 Å². The summed E-state index contributed by atoms with van der Waals surface area (Å²) in [6, 6.07) is 2.77. The van der Waals surface area contributed by atoms with Gasteiger partial charge in [-0.2, -0.15) is 0 Å². The molecule has 0 amide bonds. The smallest absolute Gasteiger partial charge is 0.140 e. The third kappa shape index (κ3) is 1.97. The van der Waals surface area contributed by atoms with Gasteiger partial charge in [0.05, 0.1) is 11.1 Å². The fourth-order valence-electron chi connectivity index (χ4n) is 0.951. The van der Waals surface area contributed by atoms with Crippen LogP contribution in [-0.4, -0.2) is 5.11 Å². The van der Waals surface area contributed by atoms with Gasteiger partial charge in [-0.15, -0.1) is 6.58 Å². The van der Waals surface area contributed by atoms with Crippen LogP contribution in [0.1, 0.15) is 11.6 Å². The van der Waals surface area contributed by atoms with Gasteiger partial charge in [-0.25, -0.2) is 0 Å². The molecule has 0 radical (unpaired) electrons. The van der Waals surface area contributed by atoms with Crippen LogP contribution in [0.2, 0.25) is 10.0 Å². The Morgan fingerprint density at radius 1 is 1.46 bits per heavy atom. The van der Waals surface area contributed by atoms with Crippen molar-refractivity contribution in [1.29, 1.82) is 0 Å². The lowest BCUT2D eigenvalue weighted by Gasteiger charge is -2.10. The van der Waals surface area contributed by atoms with Gasteiger partial charge in [0.15, 0.2) is 0 Å². The van der Waals surface area contributed by atoms with E-state index in [9.17, 15) is 5.11 Å². The zero-order chi connectivity index (χ0) is 10.0. The lowest BCUT2D eigenvalue weighted by molar-refractivity contribution is 0.466. The van der Waals surface area contributed by atoms with Crippen LogP contribution in [-0.2, 0) is 0 Å². The molecule has 1 atom stereocenters. The zero-order valence-corrected chi connectivity index (χ0v) is 8.31. The Morgan fingerprint density at radius 2 is 2.08 bits per heavy atom. The lowest BCUT2D eigenvalue weighted by Crippen LogP contribution is -2.06. The number of rotatable bonds is 2. The number of benzene rings is 1. The van der Waals surface area contributed by atoms with E-state index >= 15 is 0 Å². The summed E-state index contributed by atoms with van der Waals surface area (Å²) in [7, 11) is 0. The number of halogens is 2. The fraction of sp³-hybridized carbons (Fsp3) is 0.111. The fourth-order valence-corrected chi connectivity index (χ4v) is 1.28. The van der Waals surface area contributed by atoms with Crippen LogP contribution < -0.4 is 5.73 Å². The van der Waals surface area contributed by atoms with Crippen molar-refractivity contribution in [3.63, 3.8) is 0 Å². The maximum atomic E-state index is 9.54. The standard InChI is InChI=1S/C9H9Cl2NO/c1-2-7(12)5-3-4-6(10)8(11)9(5)13/h2-4,7,13H,1,12H2. The summed E-state index contributed by atoms with van der Waals surface area (Å²) in [4.78, 5) is 0. The average Bonchev–Trinajstić information content (AvgIpc) is 2.13. The molecular formula is C9H9Cl2NO. The number of phenolic OH excluding ortho intramolecular Hbond substituents is 1. The molecule has 0 aliphatic carbocycles. The van der Waals surface area contributed by atoms with Crippen LogP contribution >= 0.6 is 23.2 Å². The normalized spacial score (nSPS) is 12.5. The first-order valence-corrected chi connectivity index (χ1v) is 4.38. The second-order valence-corrected chi connectivity index (χ2v) is 3.35. The second kappa shape index (κ2) is 4.01. The molecule has 70 valence electrons. The van der Waals surface area contributed by atoms with Crippen molar-refractivity contribution in [1.82, 2.24) is 0 Å². The molecule has 0 aliphatic heterocycles. The highest BCUT2D eigenvalue weighted by molar-refractivity contribution is 6.43. The number of hydrogen-bond donors (Lipinski definition) is 2. The Bertz CT molecular complexity index is 339. The first-order chi connectivity index (χ1) is 6.07. The first-order valence-electron chi connectivity index (χ1n) is 3.63. The lowest BCUT2D eigenvalue weighted by atomic mass is 10.1. The maximum Gasteiger partial charge on any atom is 0.140 e. The predicted octanol–water partition coefficient (Wildman–Crippen LogP) is 2.88. The molecule has 1 aromatic rings. The number of phenols is 1. The van der Waals surface area contributed by atoms with E-state index in [0.717, 1.165) is 0 Å². The molecule has 0 bridgehead atoms. The Morgan fingerprint density at radius 3 is 2.62 bits per heavy atom. The van der Waals surface area contributed by atoms with Crippen molar-refractivity contribution in [2.45, 2.75) is 6.04 Å². The third-order valence-electron chi connectivity index (χ3n) is 1.71. The molecule has 1 unspecified atom stereocenters. The topological polar surface area (TPSA) is 46.2 Å². The van der Waals surface area contributed by atoms with Crippen molar-refractivity contribution < 1.29 is 5.11 Å². The van der Waals surface area contributed by atoms with E-state index in [4.69, 9.17) is 28.9 Å². The Hall–Kier alpha value is -0.700. The molecule has 0 saturated carbocycles. The monoisotopic (exact) mass is 217 g/mol. The third-order valence-corrected chi connectivity index (χ3v) is 2.51. The molecule has 1 rings (SSSR count). The van der Waals surface area contributed by atoms with E-state index in [0.29, 0.717) is 10.6 Å². The summed E-state index contributed by atoms with van der Waals surface area (Å²) in [5.41, 5.74) is 6.15. The largest absolute Gasteiger partial charge is 0.506 e. The summed E-state index contributed by atoms with van der Waals surface area (Å²) < 4.78 is 0. The minimum absolute atomic E-state index is 0.0819. The highest BCUT2D eigenvalue weighted by atomic mass is 35.5. The SMILES string of the molecule is C=CC(N)c1ccc(Cl)c(Cl)c1O. The van der Waals surface area contributed by atoms with Gasteiger partial charge in [0.2, 0.25) is 0 Å². The molecule has 2 nitrogen and oxygen atoms in total. The van der Waals surface area contributed by atoms with E-state index in [-0.39, 0.29) is 10.8 Å². The predicted molar refractivity (Wildman–Crippen MR) is 55.3 cm³/mol. The van der Waals surface area contributed by atoms with Gasteiger partial charge in [-0.05, 0) is 6.07 Å². The molecule has 0 spiro atoms. The minimum Gasteiger partial charge on any atom is -0.506 e. The van der Waals surface area contributed by atoms with Gasteiger partial charge in [0, 0.05) is 5.56 Å². The molecule has 0 fully saturated rings. The molecule has 1 aromatic carbocycles. The average molecular weight is 218 g/mol. The Balaban J connectivity index is 3.25. The van der Waals surface area contributed by atoms with E-state index in [1.807, 2.05) is 0 Å². The highest BCUT2D eigenvalue weighted by Crippen LogP contribution is 2.36. The summed E-state index contributed by atoms with van der Waals surface area (Å²) in [6.45, 7) is 3.52. The van der Waals surface area contributed by atoms with E-state index in [1.54, 1.807) is 12.1 Å². The van der Waals surface area contributed by atoms with Crippen LogP contribution in [0.3, 0.4) is 0 Å². The molecule has 3 N–H and O–H groups in total. The van der Waals surface area contributed by atoms with Gasteiger partial charge in [-0.1, -0.05) is 35.3 Å². The number of nitrogens with two attached hydrogens (primary N) is 1. The van der Waals surface area contributed by atoms with Crippen molar-refractivity contribution in [3.8, 4) is 5.75 Å². The molecule has 0 heterocycles. The molecule has 0 aromatic heterocycles. The van der Waals surface area contributed by atoms with Crippen LogP contribution in [0.25, 0.3) is 0 Å². The summed E-state index contributed by atoms with van der Waals surface area (Å²) in [6.07, 6.45) is 1.51. The van der Waals surface area contributed by atoms with E-state index in [1.165, 1.54) is 6.08 Å². The molecule has 4 heteroatoms. The maximum absolute atomic E-state index is 9.54. The molecule has 13 heavy (non-hydrogen) atoms. The molecular weight excluding hydrogens is 209 g/mol. The Kier molecular flexibility index (Phi) is 3.20. The first kappa shape index (κ1) is 10.4. The van der Waals surface area contributed by atoms with Crippen LogP contribution in [0.15, 0.2) is 24.8 Å². The van der Waals surface area contributed by atoms with Crippen LogP contribution in [0.5, 0.6) is 5.75 Å². The van der Waals surface area contributed by atoms with Crippen molar-refractivity contribution in [2.24, 2.45) is 5.73 Å². The van der Waals surface area contributed by atoms with E-state index in [2.05, 4.69) is 6.58 Å². The second-order valence-electron chi connectivity index (χ2n) is 2.56. The summed E-state index contributed by atoms with van der Waals surface area (Å²) in [5.74, 6) is -0.0819. The van der Waals surface area contributed by atoms with Crippen molar-refractivity contribution in [3.05, 3.63) is 40.4 Å². The zero-order valence-electron chi connectivity index (χ0n) is 6.80.